The van der Waals surface area contributed by atoms with Crippen molar-refractivity contribution >= 4 is 29.9 Å². The maximum Gasteiger partial charge on any atom is 0.213 e. The fourth-order valence-corrected chi connectivity index (χ4v) is 3.76. The van der Waals surface area contributed by atoms with Crippen LogP contribution in [0.4, 0.5) is 0 Å². The van der Waals surface area contributed by atoms with Gasteiger partial charge >= 0.3 is 0 Å². The summed E-state index contributed by atoms with van der Waals surface area (Å²) in [6.45, 7) is 7.40. The molecule has 2 N–H and O–H groups in total. The van der Waals surface area contributed by atoms with Crippen LogP contribution in [0, 0.1) is 5.92 Å². The monoisotopic (exact) mass is 550 g/mol. The summed E-state index contributed by atoms with van der Waals surface area (Å²) >= 11 is 0. The van der Waals surface area contributed by atoms with Gasteiger partial charge < -0.3 is 15.4 Å². The smallest absolute Gasteiger partial charge is 0.213 e. The number of aromatic nitrogens is 2. The van der Waals surface area contributed by atoms with Crippen molar-refractivity contribution in [3.8, 4) is 5.88 Å². The summed E-state index contributed by atoms with van der Waals surface area (Å²) in [5.41, 5.74) is 2.25. The fraction of sp³-hybridized carbons (Fsp3) is 0.542. The Labute approximate surface area is 208 Å². The molecule has 7 nitrogen and oxygen atoms in total. The van der Waals surface area contributed by atoms with Gasteiger partial charge in [0.15, 0.2) is 5.96 Å². The highest BCUT2D eigenvalue weighted by molar-refractivity contribution is 14.0. The second-order valence-electron chi connectivity index (χ2n) is 8.47. The highest BCUT2D eigenvalue weighted by Crippen LogP contribution is 2.29. The van der Waals surface area contributed by atoms with E-state index >= 15 is 0 Å². The third-order valence-corrected chi connectivity index (χ3v) is 5.77. The maximum atomic E-state index is 5.80. The molecule has 2 aromatic heterocycles. The van der Waals surface area contributed by atoms with Crippen LogP contribution in [0.25, 0.3) is 0 Å². The van der Waals surface area contributed by atoms with E-state index in [9.17, 15) is 0 Å². The Kier molecular flexibility index (Phi) is 9.98. The minimum absolute atomic E-state index is 0. The van der Waals surface area contributed by atoms with E-state index in [1.807, 2.05) is 30.6 Å². The number of piperidine rings is 1. The Morgan fingerprint density at radius 2 is 1.97 bits per heavy atom. The Morgan fingerprint density at radius 3 is 2.69 bits per heavy atom. The summed E-state index contributed by atoms with van der Waals surface area (Å²) in [5, 5.41) is 7.01. The summed E-state index contributed by atoms with van der Waals surface area (Å²) in [4.78, 5) is 16.0. The Hall–Kier alpha value is -1.94. The molecule has 0 amide bonds. The zero-order valence-corrected chi connectivity index (χ0v) is 21.2. The molecule has 1 saturated carbocycles. The molecule has 174 valence electrons. The lowest BCUT2D eigenvalue weighted by molar-refractivity contribution is 0.196. The molecule has 1 saturated heterocycles. The molecule has 0 spiro atoms. The Bertz CT molecular complexity index is 837. The van der Waals surface area contributed by atoms with Gasteiger partial charge in [-0.2, -0.15) is 0 Å². The highest BCUT2D eigenvalue weighted by atomic mass is 127. The normalized spacial score (nSPS) is 17.5. The van der Waals surface area contributed by atoms with Crippen molar-refractivity contribution in [1.82, 2.24) is 25.5 Å². The van der Waals surface area contributed by atoms with Gasteiger partial charge in [-0.3, -0.25) is 9.88 Å². The van der Waals surface area contributed by atoms with Gasteiger partial charge in [-0.25, -0.2) is 9.98 Å². The summed E-state index contributed by atoms with van der Waals surface area (Å²) in [6.07, 6.45) is 8.45. The highest BCUT2D eigenvalue weighted by Gasteiger charge is 2.22. The van der Waals surface area contributed by atoms with Gasteiger partial charge in [-0.1, -0.05) is 6.07 Å². The Morgan fingerprint density at radius 1 is 1.12 bits per heavy atom. The van der Waals surface area contributed by atoms with Crippen LogP contribution in [0.2, 0.25) is 0 Å². The number of likely N-dealkylation sites (tertiary alicyclic amines) is 1. The van der Waals surface area contributed by atoms with Gasteiger partial charge in [0, 0.05) is 50.7 Å². The molecule has 0 aromatic carbocycles. The molecule has 2 aromatic rings. The lowest BCUT2D eigenvalue weighted by Crippen LogP contribution is -2.48. The third-order valence-electron chi connectivity index (χ3n) is 5.77. The van der Waals surface area contributed by atoms with Crippen molar-refractivity contribution in [2.75, 3.05) is 26.2 Å². The number of hydrogen-bond acceptors (Lipinski definition) is 5. The van der Waals surface area contributed by atoms with Crippen molar-refractivity contribution < 1.29 is 4.74 Å². The van der Waals surface area contributed by atoms with E-state index in [4.69, 9.17) is 9.73 Å². The van der Waals surface area contributed by atoms with Crippen molar-refractivity contribution in [3.05, 3.63) is 54.0 Å². The van der Waals surface area contributed by atoms with Crippen LogP contribution in [-0.2, 0) is 13.1 Å². The predicted octanol–water partition coefficient (Wildman–Crippen LogP) is 3.60. The largest absolute Gasteiger partial charge is 0.477 e. The molecule has 2 aliphatic rings. The molecule has 1 aliphatic carbocycles. The number of rotatable bonds is 9. The van der Waals surface area contributed by atoms with Gasteiger partial charge in [0.05, 0.1) is 18.8 Å². The molecule has 1 aliphatic heterocycles. The van der Waals surface area contributed by atoms with E-state index < -0.39 is 0 Å². The zero-order valence-electron chi connectivity index (χ0n) is 18.9. The molecular formula is C24H35IN6O. The van der Waals surface area contributed by atoms with Crippen molar-refractivity contribution in [3.63, 3.8) is 0 Å². The number of pyridine rings is 2. The van der Waals surface area contributed by atoms with E-state index in [0.717, 1.165) is 68.8 Å². The van der Waals surface area contributed by atoms with Gasteiger partial charge in [0.1, 0.15) is 0 Å². The predicted molar refractivity (Wildman–Crippen MR) is 138 cm³/mol. The van der Waals surface area contributed by atoms with Crippen LogP contribution < -0.4 is 15.4 Å². The number of nitrogens with zero attached hydrogens (tertiary/aromatic N) is 4. The fourth-order valence-electron chi connectivity index (χ4n) is 3.76. The number of nitrogens with one attached hydrogen (secondary N) is 2. The average Bonchev–Trinajstić information content (AvgIpc) is 3.63. The lowest BCUT2D eigenvalue weighted by Gasteiger charge is -2.32. The van der Waals surface area contributed by atoms with Gasteiger partial charge in [-0.05, 0) is 62.3 Å². The van der Waals surface area contributed by atoms with Crippen molar-refractivity contribution in [2.45, 2.75) is 51.7 Å². The first-order chi connectivity index (χ1) is 15.3. The first kappa shape index (κ1) is 24.7. The first-order valence-corrected chi connectivity index (χ1v) is 11.5. The molecule has 0 bridgehead atoms. The average molecular weight is 550 g/mol. The lowest BCUT2D eigenvalue weighted by atomic mass is 10.0. The summed E-state index contributed by atoms with van der Waals surface area (Å²) < 4.78 is 5.80. The minimum Gasteiger partial charge on any atom is -0.477 e. The van der Waals surface area contributed by atoms with Crippen molar-refractivity contribution in [2.24, 2.45) is 10.9 Å². The van der Waals surface area contributed by atoms with Crippen LogP contribution in [-0.4, -0.2) is 53.1 Å². The topological polar surface area (TPSA) is 74.7 Å². The first-order valence-electron chi connectivity index (χ1n) is 11.5. The second-order valence-corrected chi connectivity index (χ2v) is 8.47. The van der Waals surface area contributed by atoms with Gasteiger partial charge in [0.25, 0.3) is 0 Å². The van der Waals surface area contributed by atoms with Gasteiger partial charge in [-0.15, -0.1) is 24.0 Å². The van der Waals surface area contributed by atoms with E-state index in [2.05, 4.69) is 44.6 Å². The molecule has 4 rings (SSSR count). The van der Waals surface area contributed by atoms with Crippen LogP contribution >= 0.6 is 24.0 Å². The molecule has 8 heteroatoms. The molecule has 0 radical (unpaired) electrons. The van der Waals surface area contributed by atoms with E-state index in [1.54, 1.807) is 0 Å². The molecule has 32 heavy (non-hydrogen) atoms. The number of guanidine groups is 1. The van der Waals surface area contributed by atoms with Crippen LogP contribution in [0.3, 0.4) is 0 Å². The zero-order chi connectivity index (χ0) is 21.3. The summed E-state index contributed by atoms with van der Waals surface area (Å²) in [5.74, 6) is 2.31. The van der Waals surface area contributed by atoms with E-state index in [0.29, 0.717) is 18.5 Å². The van der Waals surface area contributed by atoms with Crippen LogP contribution in [0.1, 0.15) is 43.9 Å². The van der Waals surface area contributed by atoms with Gasteiger partial charge in [0.2, 0.25) is 5.88 Å². The summed E-state index contributed by atoms with van der Waals surface area (Å²) in [6, 6.07) is 10.6. The number of halogens is 1. The van der Waals surface area contributed by atoms with Crippen LogP contribution in [0.5, 0.6) is 5.88 Å². The number of hydrogen-bond donors (Lipinski definition) is 2. The molecule has 0 atom stereocenters. The standard InChI is InChI=1S/C24H34N6O.HI/c1-2-25-24(28-16-20-8-12-27-23(15-20)31-18-19-6-7-19)29-21-9-13-30(14-10-21)17-22-5-3-4-11-26-22;/h3-5,8,11-12,15,19,21H,2,6-7,9-10,13-14,16-18H2,1H3,(H2,25,28,29);1H. The quantitative estimate of drug-likeness (QED) is 0.283. The summed E-state index contributed by atoms with van der Waals surface area (Å²) in [7, 11) is 0. The molecule has 0 unspecified atom stereocenters. The molecule has 2 fully saturated rings. The van der Waals surface area contributed by atoms with Crippen molar-refractivity contribution in [1.29, 1.82) is 0 Å². The Balaban J connectivity index is 0.00000289. The van der Waals surface area contributed by atoms with E-state index in [-0.39, 0.29) is 24.0 Å². The second kappa shape index (κ2) is 12.9. The minimum atomic E-state index is 0. The molecular weight excluding hydrogens is 515 g/mol. The third kappa shape index (κ3) is 8.20. The number of ether oxygens (including phenoxy) is 1. The SMILES string of the molecule is CCNC(=NCc1ccnc(OCC2CC2)c1)NC1CCN(Cc2ccccn2)CC1.I. The number of aliphatic imine (C=N–C) groups is 1. The maximum absolute atomic E-state index is 5.80. The van der Waals surface area contributed by atoms with Crippen LogP contribution in [0.15, 0.2) is 47.7 Å². The molecule has 3 heterocycles. The van der Waals surface area contributed by atoms with E-state index in [1.165, 1.54) is 12.8 Å².